The number of benzene rings is 2. The van der Waals surface area contributed by atoms with Crippen molar-refractivity contribution in [2.24, 2.45) is 0 Å². The van der Waals surface area contributed by atoms with E-state index in [1.165, 1.54) is 4.90 Å². The molecular weight excluding hydrogens is 374 g/mol. The van der Waals surface area contributed by atoms with E-state index in [2.05, 4.69) is 15.9 Å². The number of amides is 1. The van der Waals surface area contributed by atoms with Gasteiger partial charge in [0.25, 0.3) is 0 Å². The summed E-state index contributed by atoms with van der Waals surface area (Å²) >= 11 is 3.48. The molecule has 5 nitrogen and oxygen atoms in total. The van der Waals surface area contributed by atoms with E-state index in [0.29, 0.717) is 18.1 Å². The Kier molecular flexibility index (Phi) is 6.49. The number of methoxy groups -OCH3 is 1. The molecule has 2 rings (SSSR count). The number of hydrogen-bond acceptors (Lipinski definition) is 4. The third-order valence-corrected chi connectivity index (χ3v) is 4.02. The fourth-order valence-corrected chi connectivity index (χ4v) is 2.40. The van der Waals surface area contributed by atoms with Crippen LogP contribution in [0.4, 0.5) is 4.79 Å². The van der Waals surface area contributed by atoms with Gasteiger partial charge in [-0.1, -0.05) is 46.3 Å². The Labute approximate surface area is 150 Å². The van der Waals surface area contributed by atoms with Gasteiger partial charge in [0.05, 0.1) is 7.11 Å². The molecule has 0 fully saturated rings. The molecule has 0 spiro atoms. The van der Waals surface area contributed by atoms with E-state index in [-0.39, 0.29) is 6.61 Å². The first-order valence-corrected chi connectivity index (χ1v) is 8.17. The fraction of sp³-hybridized carbons (Fsp3) is 0.278. The minimum atomic E-state index is -0.398. The lowest BCUT2D eigenvalue weighted by Crippen LogP contribution is -2.22. The van der Waals surface area contributed by atoms with E-state index in [9.17, 15) is 4.79 Å². The molecule has 0 aliphatic heterocycles. The molecular formula is C18H20BrNO4. The molecule has 0 atom stereocenters. The van der Waals surface area contributed by atoms with Crippen molar-refractivity contribution in [1.29, 1.82) is 0 Å². The fourth-order valence-electron chi connectivity index (χ4n) is 1.96. The van der Waals surface area contributed by atoms with Gasteiger partial charge in [-0.25, -0.2) is 4.79 Å². The summed E-state index contributed by atoms with van der Waals surface area (Å²) < 4.78 is 17.2. The molecule has 0 heterocycles. The van der Waals surface area contributed by atoms with Crippen LogP contribution in [0, 0.1) is 0 Å². The van der Waals surface area contributed by atoms with Crippen molar-refractivity contribution in [3.63, 3.8) is 0 Å². The first-order chi connectivity index (χ1) is 11.5. The maximum absolute atomic E-state index is 11.5. The Balaban J connectivity index is 2.10. The highest BCUT2D eigenvalue weighted by Gasteiger charge is 2.13. The van der Waals surface area contributed by atoms with Gasteiger partial charge in [-0.05, 0) is 17.7 Å². The van der Waals surface area contributed by atoms with Gasteiger partial charge < -0.3 is 19.1 Å². The summed E-state index contributed by atoms with van der Waals surface area (Å²) in [6, 6.07) is 13.5. The van der Waals surface area contributed by atoms with Gasteiger partial charge in [0, 0.05) is 24.1 Å². The maximum Gasteiger partial charge on any atom is 0.409 e. The summed E-state index contributed by atoms with van der Waals surface area (Å²) in [4.78, 5) is 12.9. The van der Waals surface area contributed by atoms with Crippen LogP contribution in [0.2, 0.25) is 0 Å². The van der Waals surface area contributed by atoms with Crippen molar-refractivity contribution < 1.29 is 19.0 Å². The smallest absolute Gasteiger partial charge is 0.409 e. The molecule has 128 valence electrons. The third kappa shape index (κ3) is 4.89. The summed E-state index contributed by atoms with van der Waals surface area (Å²) in [5, 5.41) is 0. The second kappa shape index (κ2) is 8.59. The number of halogens is 1. The first-order valence-electron chi connectivity index (χ1n) is 7.38. The standard InChI is InChI=1S/C18H20BrNO4/c1-20(2)18(21)24-12-14-9-16(22-3)17(10-15(14)19)23-11-13-7-5-4-6-8-13/h4-10H,11-12H2,1-3H3. The average molecular weight is 394 g/mol. The zero-order valence-electron chi connectivity index (χ0n) is 13.9. The summed E-state index contributed by atoms with van der Waals surface area (Å²) in [7, 11) is 4.85. The van der Waals surface area contributed by atoms with Gasteiger partial charge in [0.15, 0.2) is 11.5 Å². The Morgan fingerprint density at radius 3 is 2.42 bits per heavy atom. The van der Waals surface area contributed by atoms with E-state index in [1.54, 1.807) is 27.3 Å². The number of carbonyl (C=O) groups excluding carboxylic acids is 1. The molecule has 2 aromatic rings. The average Bonchev–Trinajstić information content (AvgIpc) is 2.59. The highest BCUT2D eigenvalue weighted by Crippen LogP contribution is 2.34. The van der Waals surface area contributed by atoms with Gasteiger partial charge >= 0.3 is 6.09 Å². The van der Waals surface area contributed by atoms with Crippen molar-refractivity contribution in [2.75, 3.05) is 21.2 Å². The van der Waals surface area contributed by atoms with Crippen LogP contribution < -0.4 is 9.47 Å². The quantitative estimate of drug-likeness (QED) is 0.736. The minimum Gasteiger partial charge on any atom is -0.493 e. The number of hydrogen-bond donors (Lipinski definition) is 0. The topological polar surface area (TPSA) is 48.0 Å². The van der Waals surface area contributed by atoms with Crippen molar-refractivity contribution in [1.82, 2.24) is 4.90 Å². The summed E-state index contributed by atoms with van der Waals surface area (Å²) in [6.07, 6.45) is -0.398. The van der Waals surface area contributed by atoms with E-state index < -0.39 is 6.09 Å². The Morgan fingerprint density at radius 1 is 1.08 bits per heavy atom. The van der Waals surface area contributed by atoms with Gasteiger partial charge in [-0.3, -0.25) is 0 Å². The van der Waals surface area contributed by atoms with Crippen molar-refractivity contribution in [3.05, 3.63) is 58.1 Å². The summed E-state index contributed by atoms with van der Waals surface area (Å²) in [6.45, 7) is 0.589. The third-order valence-electron chi connectivity index (χ3n) is 3.29. The zero-order valence-corrected chi connectivity index (χ0v) is 15.5. The molecule has 0 saturated carbocycles. The Bertz CT molecular complexity index is 689. The SMILES string of the molecule is COc1cc(COC(=O)N(C)C)c(Br)cc1OCc1ccccc1. The summed E-state index contributed by atoms with van der Waals surface area (Å²) in [5.74, 6) is 1.21. The van der Waals surface area contributed by atoms with E-state index in [4.69, 9.17) is 14.2 Å². The minimum absolute atomic E-state index is 0.146. The molecule has 0 aliphatic rings. The number of nitrogens with zero attached hydrogens (tertiary/aromatic N) is 1. The van der Waals surface area contributed by atoms with Crippen molar-refractivity contribution >= 4 is 22.0 Å². The molecule has 24 heavy (non-hydrogen) atoms. The Hall–Kier alpha value is -2.21. The molecule has 0 aromatic heterocycles. The van der Waals surface area contributed by atoms with Gasteiger partial charge in [-0.2, -0.15) is 0 Å². The lowest BCUT2D eigenvalue weighted by atomic mass is 10.2. The molecule has 0 bridgehead atoms. The van der Waals surface area contributed by atoms with Crippen molar-refractivity contribution in [2.45, 2.75) is 13.2 Å². The van der Waals surface area contributed by atoms with Gasteiger partial charge in [0.1, 0.15) is 13.2 Å². The van der Waals surface area contributed by atoms with Crippen LogP contribution in [0.15, 0.2) is 46.9 Å². The molecule has 0 unspecified atom stereocenters. The van der Waals surface area contributed by atoms with Crippen molar-refractivity contribution in [3.8, 4) is 11.5 Å². The predicted octanol–water partition coefficient (Wildman–Crippen LogP) is 4.23. The monoisotopic (exact) mass is 393 g/mol. The molecule has 0 aliphatic carbocycles. The second-order valence-corrected chi connectivity index (χ2v) is 6.17. The number of rotatable bonds is 6. The van der Waals surface area contributed by atoms with Gasteiger partial charge in [-0.15, -0.1) is 0 Å². The summed E-state index contributed by atoms with van der Waals surface area (Å²) in [5.41, 5.74) is 1.87. The van der Waals surface area contributed by atoms with Crippen LogP contribution in [-0.2, 0) is 18.0 Å². The predicted molar refractivity (Wildman–Crippen MR) is 95.3 cm³/mol. The number of ether oxygens (including phenoxy) is 3. The normalized spacial score (nSPS) is 10.2. The van der Waals surface area contributed by atoms with Crippen LogP contribution >= 0.6 is 15.9 Å². The maximum atomic E-state index is 11.5. The first kappa shape index (κ1) is 18.1. The molecule has 0 radical (unpaired) electrons. The van der Waals surface area contributed by atoms with Crippen LogP contribution in [-0.4, -0.2) is 32.2 Å². The second-order valence-electron chi connectivity index (χ2n) is 5.32. The highest BCUT2D eigenvalue weighted by molar-refractivity contribution is 9.10. The molecule has 0 saturated heterocycles. The largest absolute Gasteiger partial charge is 0.493 e. The molecule has 0 N–H and O–H groups in total. The van der Waals surface area contributed by atoms with Crippen LogP contribution in [0.1, 0.15) is 11.1 Å². The van der Waals surface area contributed by atoms with E-state index in [0.717, 1.165) is 15.6 Å². The lowest BCUT2D eigenvalue weighted by Gasteiger charge is -2.15. The number of carbonyl (C=O) groups is 1. The molecule has 6 heteroatoms. The lowest BCUT2D eigenvalue weighted by molar-refractivity contribution is 0.112. The van der Waals surface area contributed by atoms with Crippen LogP contribution in [0.25, 0.3) is 0 Å². The van der Waals surface area contributed by atoms with Crippen LogP contribution in [0.3, 0.4) is 0 Å². The highest BCUT2D eigenvalue weighted by atomic mass is 79.9. The van der Waals surface area contributed by atoms with E-state index >= 15 is 0 Å². The zero-order chi connectivity index (χ0) is 17.5. The van der Waals surface area contributed by atoms with Crippen LogP contribution in [0.5, 0.6) is 11.5 Å². The van der Waals surface area contributed by atoms with Gasteiger partial charge in [0.2, 0.25) is 0 Å². The molecule has 2 aromatic carbocycles. The van der Waals surface area contributed by atoms with E-state index in [1.807, 2.05) is 36.4 Å². The Morgan fingerprint density at radius 2 is 1.79 bits per heavy atom. The molecule has 1 amide bonds.